The molecule has 0 saturated heterocycles. The van der Waals surface area contributed by atoms with Crippen molar-refractivity contribution in [2.45, 2.75) is 51.8 Å². The highest BCUT2D eigenvalue weighted by molar-refractivity contribution is 5.91. The Bertz CT molecular complexity index is 1620. The van der Waals surface area contributed by atoms with E-state index in [0.717, 1.165) is 47.1 Å². The largest absolute Gasteiger partial charge is 0.478 e. The molecule has 0 radical (unpaired) electrons. The van der Waals surface area contributed by atoms with Crippen LogP contribution >= 0.6 is 0 Å². The van der Waals surface area contributed by atoms with E-state index in [-0.39, 0.29) is 24.0 Å². The Morgan fingerprint density at radius 3 is 2.41 bits per heavy atom. The number of rotatable bonds is 7. The second kappa shape index (κ2) is 11.3. The predicted molar refractivity (Wildman–Crippen MR) is 151 cm³/mol. The van der Waals surface area contributed by atoms with Gasteiger partial charge in [-0.05, 0) is 73.1 Å². The first-order chi connectivity index (χ1) is 19.6. The first-order valence-corrected chi connectivity index (χ1v) is 13.4. The van der Waals surface area contributed by atoms with Gasteiger partial charge in [0.15, 0.2) is 11.5 Å². The molecule has 41 heavy (non-hydrogen) atoms. The molecule has 0 saturated carbocycles. The molecule has 2 heterocycles. The number of carboxylic acid groups (broad SMARTS) is 1. The summed E-state index contributed by atoms with van der Waals surface area (Å²) in [5.74, 6) is -1.79. The zero-order valence-electron chi connectivity index (χ0n) is 23.0. The van der Waals surface area contributed by atoms with Crippen LogP contribution in [0, 0.1) is 6.92 Å². The van der Waals surface area contributed by atoms with E-state index in [1.807, 2.05) is 37.3 Å². The number of aromatic carboxylic acids is 1. The smallest absolute Gasteiger partial charge is 0.434 e. The van der Waals surface area contributed by atoms with Crippen molar-refractivity contribution in [3.05, 3.63) is 94.8 Å². The molecule has 2 aromatic heterocycles. The van der Waals surface area contributed by atoms with E-state index < -0.39 is 23.4 Å². The number of alkyl halides is 3. The summed E-state index contributed by atoms with van der Waals surface area (Å²) < 4.78 is 48.4. The molecule has 1 aliphatic carbocycles. The van der Waals surface area contributed by atoms with Gasteiger partial charge in [0.25, 0.3) is 0 Å². The minimum absolute atomic E-state index is 0.0271. The lowest BCUT2D eigenvalue weighted by atomic mass is 9.90. The molecular formula is C32H30F3N3O3. The molecule has 2 aromatic carbocycles. The van der Waals surface area contributed by atoms with Gasteiger partial charge in [-0.25, -0.2) is 14.5 Å². The zero-order chi connectivity index (χ0) is 29.3. The topological polar surface area (TPSA) is 77.2 Å². The summed E-state index contributed by atoms with van der Waals surface area (Å²) in [5, 5.41) is 13.6. The van der Waals surface area contributed by atoms with Crippen molar-refractivity contribution in [2.75, 3.05) is 7.11 Å². The third-order valence-electron chi connectivity index (χ3n) is 7.44. The number of allylic oxidation sites excluding steroid dienone is 1. The molecule has 0 amide bonds. The highest BCUT2D eigenvalue weighted by Crippen LogP contribution is 2.37. The van der Waals surface area contributed by atoms with Gasteiger partial charge in [0.05, 0.1) is 17.5 Å². The lowest BCUT2D eigenvalue weighted by Crippen LogP contribution is -2.18. The van der Waals surface area contributed by atoms with Crippen molar-refractivity contribution in [3.8, 4) is 28.2 Å². The van der Waals surface area contributed by atoms with E-state index >= 15 is 0 Å². The number of pyridine rings is 1. The second-order valence-corrected chi connectivity index (χ2v) is 10.1. The van der Waals surface area contributed by atoms with E-state index in [1.54, 1.807) is 26.2 Å². The first kappa shape index (κ1) is 28.3. The normalized spacial score (nSPS) is 15.6. The molecule has 1 aliphatic rings. The SMILES string of the molecule is CCc1nn(-c2cccc(-c3cc(C)ccc3-c3ccc(C4=CCC(OC)CC4)cc3)n2)c(C(F)(F)F)c1C(=O)O. The highest BCUT2D eigenvalue weighted by Gasteiger charge is 2.42. The Morgan fingerprint density at radius 2 is 1.80 bits per heavy atom. The van der Waals surface area contributed by atoms with Gasteiger partial charge in [0.2, 0.25) is 0 Å². The fourth-order valence-electron chi connectivity index (χ4n) is 5.33. The molecular weight excluding hydrogens is 531 g/mol. The van der Waals surface area contributed by atoms with Crippen LogP contribution in [-0.4, -0.2) is 39.1 Å². The van der Waals surface area contributed by atoms with Crippen LogP contribution in [0.1, 0.15) is 59.1 Å². The van der Waals surface area contributed by atoms with Crippen molar-refractivity contribution in [1.29, 1.82) is 0 Å². The van der Waals surface area contributed by atoms with Crippen LogP contribution in [0.4, 0.5) is 13.2 Å². The molecule has 1 unspecified atom stereocenters. The number of aryl methyl sites for hydroxylation is 2. The standard InChI is InChI=1S/C32H30F3N3O3/c1-4-26-29(31(39)40)30(32(33,34)35)38(37-26)28-7-5-6-27(36-28)25-18-19(2)8-17-24(25)22-11-9-20(10-12-22)21-13-15-23(41-3)16-14-21/h5-13,17-18,23H,4,14-16H2,1-3H3,(H,39,40). The van der Waals surface area contributed by atoms with E-state index in [4.69, 9.17) is 4.74 Å². The van der Waals surface area contributed by atoms with Crippen molar-refractivity contribution >= 4 is 11.5 Å². The molecule has 1 N–H and O–H groups in total. The Labute approximate surface area is 236 Å². The minimum Gasteiger partial charge on any atom is -0.478 e. The first-order valence-electron chi connectivity index (χ1n) is 13.4. The van der Waals surface area contributed by atoms with Crippen LogP contribution in [0.3, 0.4) is 0 Å². The fraction of sp³-hybridized carbons (Fsp3) is 0.281. The summed E-state index contributed by atoms with van der Waals surface area (Å²) in [7, 11) is 1.74. The predicted octanol–water partition coefficient (Wildman–Crippen LogP) is 7.77. The number of hydrogen-bond acceptors (Lipinski definition) is 4. The number of hydrogen-bond donors (Lipinski definition) is 1. The fourth-order valence-corrected chi connectivity index (χ4v) is 5.33. The highest BCUT2D eigenvalue weighted by atomic mass is 19.4. The Kier molecular flexibility index (Phi) is 7.82. The van der Waals surface area contributed by atoms with Gasteiger partial charge >= 0.3 is 12.1 Å². The average Bonchev–Trinajstić information content (AvgIpc) is 3.39. The van der Waals surface area contributed by atoms with Crippen molar-refractivity contribution < 1.29 is 27.8 Å². The van der Waals surface area contributed by atoms with Crippen LogP contribution in [0.5, 0.6) is 0 Å². The molecule has 4 aromatic rings. The number of benzene rings is 2. The monoisotopic (exact) mass is 561 g/mol. The van der Waals surface area contributed by atoms with E-state index in [9.17, 15) is 23.1 Å². The van der Waals surface area contributed by atoms with Crippen molar-refractivity contribution in [3.63, 3.8) is 0 Å². The maximum absolute atomic E-state index is 14.1. The molecule has 9 heteroatoms. The van der Waals surface area contributed by atoms with Crippen LogP contribution in [0.15, 0.2) is 66.7 Å². The van der Waals surface area contributed by atoms with Gasteiger partial charge in [-0.2, -0.15) is 18.3 Å². The van der Waals surface area contributed by atoms with E-state index in [1.165, 1.54) is 11.6 Å². The van der Waals surface area contributed by atoms with Gasteiger partial charge in [-0.3, -0.25) is 0 Å². The zero-order valence-corrected chi connectivity index (χ0v) is 23.0. The molecule has 0 fully saturated rings. The number of methoxy groups -OCH3 is 1. The molecule has 6 nitrogen and oxygen atoms in total. The summed E-state index contributed by atoms with van der Waals surface area (Å²) in [4.78, 5) is 16.3. The molecule has 0 spiro atoms. The van der Waals surface area contributed by atoms with E-state index in [0.29, 0.717) is 10.4 Å². The van der Waals surface area contributed by atoms with Gasteiger partial charge < -0.3 is 9.84 Å². The maximum Gasteiger partial charge on any atom is 0.434 e. The number of aromatic nitrogens is 3. The average molecular weight is 562 g/mol. The van der Waals surface area contributed by atoms with Crippen LogP contribution in [-0.2, 0) is 17.3 Å². The second-order valence-electron chi connectivity index (χ2n) is 10.1. The summed E-state index contributed by atoms with van der Waals surface area (Å²) >= 11 is 0. The third-order valence-corrected chi connectivity index (χ3v) is 7.44. The summed E-state index contributed by atoms with van der Waals surface area (Å²) in [6.45, 7) is 3.50. The summed E-state index contributed by atoms with van der Waals surface area (Å²) in [6, 6.07) is 18.9. The quantitative estimate of drug-likeness (QED) is 0.249. The Hall–Kier alpha value is -4.24. The third kappa shape index (κ3) is 5.67. The number of nitrogens with zero attached hydrogens (tertiary/aromatic N) is 3. The number of halogens is 3. The number of carbonyl (C=O) groups is 1. The molecule has 212 valence electrons. The van der Waals surface area contributed by atoms with Crippen LogP contribution in [0.2, 0.25) is 0 Å². The van der Waals surface area contributed by atoms with E-state index in [2.05, 4.69) is 28.3 Å². The Morgan fingerprint density at radius 1 is 1.07 bits per heavy atom. The molecule has 1 atom stereocenters. The Balaban J connectivity index is 1.57. The lowest BCUT2D eigenvalue weighted by molar-refractivity contribution is -0.143. The summed E-state index contributed by atoms with van der Waals surface area (Å²) in [6.07, 6.45) is 0.380. The number of ether oxygens (including phenoxy) is 1. The van der Waals surface area contributed by atoms with Gasteiger partial charge in [0.1, 0.15) is 5.56 Å². The van der Waals surface area contributed by atoms with Crippen LogP contribution in [0.25, 0.3) is 33.8 Å². The van der Waals surface area contributed by atoms with Crippen LogP contribution < -0.4 is 0 Å². The van der Waals surface area contributed by atoms with Gasteiger partial charge in [-0.1, -0.05) is 61.0 Å². The molecule has 5 rings (SSSR count). The molecule has 0 aliphatic heterocycles. The van der Waals surface area contributed by atoms with Gasteiger partial charge in [-0.15, -0.1) is 0 Å². The minimum atomic E-state index is -4.94. The lowest BCUT2D eigenvalue weighted by Gasteiger charge is -2.21. The molecule has 0 bridgehead atoms. The van der Waals surface area contributed by atoms with Crippen molar-refractivity contribution in [1.82, 2.24) is 14.8 Å². The maximum atomic E-state index is 14.1. The van der Waals surface area contributed by atoms with Crippen molar-refractivity contribution in [2.24, 2.45) is 0 Å². The van der Waals surface area contributed by atoms with Gasteiger partial charge in [0, 0.05) is 12.7 Å². The summed E-state index contributed by atoms with van der Waals surface area (Å²) in [5.41, 5.74) is 4.06. The number of carboxylic acids is 1.